The number of rotatable bonds is 4. The van der Waals surface area contributed by atoms with Crippen molar-refractivity contribution in [1.29, 1.82) is 0 Å². The lowest BCUT2D eigenvalue weighted by Gasteiger charge is -2.22. The molecule has 3 rings (SSSR count). The number of ether oxygens (including phenoxy) is 1. The van der Waals surface area contributed by atoms with E-state index < -0.39 is 0 Å². The van der Waals surface area contributed by atoms with Crippen LogP contribution >= 0.6 is 0 Å². The molecule has 6 heteroatoms. The van der Waals surface area contributed by atoms with Gasteiger partial charge in [-0.2, -0.15) is 5.10 Å². The third-order valence-corrected chi connectivity index (χ3v) is 4.28. The molecule has 2 aliphatic rings. The summed E-state index contributed by atoms with van der Waals surface area (Å²) in [5.41, 5.74) is 1.03. The second-order valence-corrected chi connectivity index (χ2v) is 5.90. The minimum absolute atomic E-state index is 0.00192. The van der Waals surface area contributed by atoms with E-state index in [0.29, 0.717) is 6.61 Å². The molecular weight excluding hydrogens is 280 g/mol. The van der Waals surface area contributed by atoms with Crippen LogP contribution in [0.4, 0.5) is 4.79 Å². The number of carbonyl (C=O) groups excluding carboxylic acids is 1. The molecule has 6 nitrogen and oxygen atoms in total. The summed E-state index contributed by atoms with van der Waals surface area (Å²) < 4.78 is 7.67. The Balaban J connectivity index is 1.57. The van der Waals surface area contributed by atoms with Crippen LogP contribution in [-0.4, -0.2) is 34.5 Å². The molecule has 0 spiro atoms. The minimum Gasteiger partial charge on any atom is -0.371 e. The molecule has 0 aromatic carbocycles. The first kappa shape index (κ1) is 15.1. The van der Waals surface area contributed by atoms with Gasteiger partial charge in [0.2, 0.25) is 0 Å². The van der Waals surface area contributed by atoms with Gasteiger partial charge in [-0.05, 0) is 32.6 Å². The van der Waals surface area contributed by atoms with Crippen molar-refractivity contribution < 1.29 is 9.53 Å². The molecule has 0 saturated carbocycles. The van der Waals surface area contributed by atoms with Crippen LogP contribution in [0.5, 0.6) is 0 Å². The molecule has 1 unspecified atom stereocenters. The molecule has 1 aromatic rings. The highest BCUT2D eigenvalue weighted by Crippen LogP contribution is 2.28. The van der Waals surface area contributed by atoms with Gasteiger partial charge in [-0.25, -0.2) is 4.79 Å². The van der Waals surface area contributed by atoms with E-state index in [4.69, 9.17) is 4.74 Å². The minimum atomic E-state index is -0.111. The Morgan fingerprint density at radius 2 is 2.36 bits per heavy atom. The number of hydrogen-bond acceptors (Lipinski definition) is 3. The molecule has 1 aromatic heterocycles. The molecule has 2 heterocycles. The summed E-state index contributed by atoms with van der Waals surface area (Å²) in [6.07, 6.45) is 12.0. The third-order valence-electron chi connectivity index (χ3n) is 4.28. The Kier molecular flexibility index (Phi) is 4.77. The van der Waals surface area contributed by atoms with Crippen LogP contribution in [0.2, 0.25) is 0 Å². The van der Waals surface area contributed by atoms with E-state index in [2.05, 4.69) is 27.9 Å². The van der Waals surface area contributed by atoms with E-state index in [1.54, 1.807) is 0 Å². The monoisotopic (exact) mass is 304 g/mol. The number of amides is 2. The summed E-state index contributed by atoms with van der Waals surface area (Å²) in [7, 11) is 0. The van der Waals surface area contributed by atoms with Crippen molar-refractivity contribution >= 4 is 6.03 Å². The fourth-order valence-corrected chi connectivity index (χ4v) is 3.08. The van der Waals surface area contributed by atoms with Crippen LogP contribution in [0.25, 0.3) is 0 Å². The quantitative estimate of drug-likeness (QED) is 0.837. The standard InChI is InChI=1S/C16H24N4O2/c1-2-20-11-12(10-17-20)15-14(8-9-22-15)19-16(21)18-13-6-4-3-5-7-13/h4,6,10-11,13-15H,2-3,5,7-9H2,1H3,(H2,18,19,21)/t13?,14-,15+/m0/s1. The van der Waals surface area contributed by atoms with Gasteiger partial charge in [0.15, 0.2) is 0 Å². The molecular formula is C16H24N4O2. The fraction of sp³-hybridized carbons (Fsp3) is 0.625. The molecule has 120 valence electrons. The van der Waals surface area contributed by atoms with E-state index in [-0.39, 0.29) is 24.2 Å². The summed E-state index contributed by atoms with van der Waals surface area (Å²) >= 11 is 0. The predicted molar refractivity (Wildman–Crippen MR) is 83.4 cm³/mol. The largest absolute Gasteiger partial charge is 0.371 e. The van der Waals surface area contributed by atoms with Crippen molar-refractivity contribution in [2.24, 2.45) is 0 Å². The summed E-state index contributed by atoms with van der Waals surface area (Å²) in [6, 6.07) is 0.0411. The zero-order valence-corrected chi connectivity index (χ0v) is 13.0. The summed E-state index contributed by atoms with van der Waals surface area (Å²) in [5, 5.41) is 10.4. The van der Waals surface area contributed by atoms with E-state index >= 15 is 0 Å². The topological polar surface area (TPSA) is 68.2 Å². The van der Waals surface area contributed by atoms with Crippen LogP contribution in [0.15, 0.2) is 24.5 Å². The maximum atomic E-state index is 12.2. The zero-order chi connectivity index (χ0) is 15.4. The molecule has 22 heavy (non-hydrogen) atoms. The Bertz CT molecular complexity index is 540. The summed E-state index contributed by atoms with van der Waals surface area (Å²) in [6.45, 7) is 3.54. The number of nitrogens with zero attached hydrogens (tertiary/aromatic N) is 2. The van der Waals surface area contributed by atoms with Crippen molar-refractivity contribution in [2.75, 3.05) is 6.61 Å². The molecule has 0 radical (unpaired) electrons. The second-order valence-electron chi connectivity index (χ2n) is 5.90. The molecule has 0 bridgehead atoms. The molecule has 1 fully saturated rings. The number of nitrogens with one attached hydrogen (secondary N) is 2. The fourth-order valence-electron chi connectivity index (χ4n) is 3.08. The normalized spacial score (nSPS) is 27.8. The van der Waals surface area contributed by atoms with Gasteiger partial charge in [-0.1, -0.05) is 12.2 Å². The van der Waals surface area contributed by atoms with Gasteiger partial charge < -0.3 is 15.4 Å². The van der Waals surface area contributed by atoms with Crippen molar-refractivity contribution in [3.05, 3.63) is 30.1 Å². The first-order valence-corrected chi connectivity index (χ1v) is 8.14. The van der Waals surface area contributed by atoms with Gasteiger partial charge >= 0.3 is 6.03 Å². The lowest BCUT2D eigenvalue weighted by molar-refractivity contribution is 0.0998. The first-order chi connectivity index (χ1) is 10.8. The number of aryl methyl sites for hydroxylation is 1. The number of carbonyl (C=O) groups is 1. The van der Waals surface area contributed by atoms with Crippen LogP contribution in [0.1, 0.15) is 44.3 Å². The highest BCUT2D eigenvalue weighted by Gasteiger charge is 2.32. The van der Waals surface area contributed by atoms with Gasteiger partial charge in [0.05, 0.1) is 12.2 Å². The van der Waals surface area contributed by atoms with Crippen LogP contribution in [0.3, 0.4) is 0 Å². The van der Waals surface area contributed by atoms with Crippen molar-refractivity contribution in [3.63, 3.8) is 0 Å². The second kappa shape index (κ2) is 6.96. The summed E-state index contributed by atoms with van der Waals surface area (Å²) in [4.78, 5) is 12.2. The van der Waals surface area contributed by atoms with Crippen molar-refractivity contribution in [1.82, 2.24) is 20.4 Å². The van der Waals surface area contributed by atoms with E-state index in [1.807, 2.05) is 24.0 Å². The van der Waals surface area contributed by atoms with Gasteiger partial charge in [-0.15, -0.1) is 0 Å². The molecule has 1 aliphatic carbocycles. The average Bonchev–Trinajstić information content (AvgIpc) is 3.16. The SMILES string of the molecule is CCn1cc([C@H]2OCC[C@@H]2NC(=O)NC2C=CCCC2)cn1. The lowest BCUT2D eigenvalue weighted by Crippen LogP contribution is -2.46. The van der Waals surface area contributed by atoms with Gasteiger partial charge in [0.25, 0.3) is 0 Å². The maximum Gasteiger partial charge on any atom is 0.315 e. The highest BCUT2D eigenvalue weighted by atomic mass is 16.5. The van der Waals surface area contributed by atoms with Gasteiger partial charge in [0, 0.05) is 31.0 Å². The molecule has 2 amide bonds. The average molecular weight is 304 g/mol. The smallest absolute Gasteiger partial charge is 0.315 e. The number of urea groups is 1. The number of aromatic nitrogens is 2. The maximum absolute atomic E-state index is 12.2. The zero-order valence-electron chi connectivity index (χ0n) is 13.0. The Hall–Kier alpha value is -1.82. The van der Waals surface area contributed by atoms with Gasteiger partial charge in [-0.3, -0.25) is 4.68 Å². The summed E-state index contributed by atoms with van der Waals surface area (Å²) in [5.74, 6) is 0. The number of allylic oxidation sites excluding steroid dienone is 1. The van der Waals surface area contributed by atoms with E-state index in [1.165, 1.54) is 0 Å². The number of hydrogen-bond donors (Lipinski definition) is 2. The van der Waals surface area contributed by atoms with Crippen LogP contribution < -0.4 is 10.6 Å². The predicted octanol–water partition coefficient (Wildman–Crippen LogP) is 2.14. The van der Waals surface area contributed by atoms with Gasteiger partial charge in [0.1, 0.15) is 6.10 Å². The van der Waals surface area contributed by atoms with Crippen LogP contribution in [0, 0.1) is 0 Å². The van der Waals surface area contributed by atoms with Crippen molar-refractivity contribution in [2.45, 2.75) is 57.3 Å². The third kappa shape index (κ3) is 3.50. The molecule has 1 aliphatic heterocycles. The van der Waals surface area contributed by atoms with Crippen molar-refractivity contribution in [3.8, 4) is 0 Å². The Labute approximate surface area is 130 Å². The Morgan fingerprint density at radius 3 is 3.09 bits per heavy atom. The van der Waals surface area contributed by atoms with E-state index in [9.17, 15) is 4.79 Å². The molecule has 3 atom stereocenters. The highest BCUT2D eigenvalue weighted by molar-refractivity contribution is 5.75. The van der Waals surface area contributed by atoms with Crippen LogP contribution in [-0.2, 0) is 11.3 Å². The molecule has 1 saturated heterocycles. The lowest BCUT2D eigenvalue weighted by atomic mass is 10.0. The molecule has 2 N–H and O–H groups in total. The van der Waals surface area contributed by atoms with E-state index in [0.717, 1.165) is 37.8 Å². The Morgan fingerprint density at radius 1 is 1.45 bits per heavy atom. The first-order valence-electron chi connectivity index (χ1n) is 8.14.